The molecule has 3 heteroatoms. The second-order valence-electron chi connectivity index (χ2n) is 3.79. The van der Waals surface area contributed by atoms with Gasteiger partial charge in [0.1, 0.15) is 6.10 Å². The van der Waals surface area contributed by atoms with Gasteiger partial charge in [-0.3, -0.25) is 0 Å². The van der Waals surface area contributed by atoms with Crippen LogP contribution in [0.4, 0.5) is 0 Å². The minimum Gasteiger partial charge on any atom is -0.459 e. The Morgan fingerprint density at radius 2 is 2.43 bits per heavy atom. The Morgan fingerprint density at radius 3 is 2.79 bits per heavy atom. The monoisotopic (exact) mass is 198 g/mol. The molecule has 2 unspecified atom stereocenters. The van der Waals surface area contributed by atoms with E-state index in [4.69, 9.17) is 9.47 Å². The molecule has 1 aliphatic rings. The highest BCUT2D eigenvalue weighted by molar-refractivity contribution is 5.81. The van der Waals surface area contributed by atoms with Crippen molar-refractivity contribution in [3.8, 4) is 0 Å². The average Bonchev–Trinajstić information content (AvgIpc) is 2.11. The van der Waals surface area contributed by atoms with Gasteiger partial charge in [-0.25, -0.2) is 4.79 Å². The molecule has 0 radical (unpaired) electrons. The molecule has 0 spiro atoms. The third kappa shape index (κ3) is 2.58. The fourth-order valence-electron chi connectivity index (χ4n) is 1.79. The first kappa shape index (κ1) is 11.2. The molecule has 1 saturated heterocycles. The summed E-state index contributed by atoms with van der Waals surface area (Å²) in [7, 11) is 0. The number of carbonyl (C=O) groups is 1. The number of ether oxygens (including phenoxy) is 2. The van der Waals surface area contributed by atoms with Crippen molar-refractivity contribution in [1.82, 2.24) is 0 Å². The van der Waals surface area contributed by atoms with E-state index < -0.39 is 0 Å². The van der Waals surface area contributed by atoms with Crippen molar-refractivity contribution in [3.05, 3.63) is 12.7 Å². The third-order valence-corrected chi connectivity index (χ3v) is 2.75. The van der Waals surface area contributed by atoms with Gasteiger partial charge in [-0.15, -0.1) is 0 Å². The molecule has 0 saturated carbocycles. The first-order valence-corrected chi connectivity index (χ1v) is 5.09. The van der Waals surface area contributed by atoms with Crippen LogP contribution >= 0.6 is 0 Å². The van der Waals surface area contributed by atoms with Gasteiger partial charge in [-0.05, 0) is 19.8 Å². The number of esters is 1. The molecular weight excluding hydrogens is 180 g/mol. The van der Waals surface area contributed by atoms with E-state index in [9.17, 15) is 4.79 Å². The molecule has 3 nitrogen and oxygen atoms in total. The molecule has 14 heavy (non-hydrogen) atoms. The highest BCUT2D eigenvalue weighted by Gasteiger charge is 2.38. The Hall–Kier alpha value is -0.830. The molecule has 1 fully saturated rings. The maximum absolute atomic E-state index is 10.9. The molecule has 2 atom stereocenters. The summed E-state index contributed by atoms with van der Waals surface area (Å²) in [5.41, 5.74) is -0.0408. The van der Waals surface area contributed by atoms with Crippen LogP contribution in [0.2, 0.25) is 0 Å². The predicted octanol–water partition coefficient (Wildman–Crippen LogP) is 2.06. The molecule has 0 aromatic carbocycles. The molecule has 80 valence electrons. The summed E-state index contributed by atoms with van der Waals surface area (Å²) in [6, 6.07) is 0. The van der Waals surface area contributed by atoms with Crippen LogP contribution < -0.4 is 0 Å². The summed E-state index contributed by atoms with van der Waals surface area (Å²) in [6.07, 6.45) is 3.92. The molecule has 0 bridgehead atoms. The summed E-state index contributed by atoms with van der Waals surface area (Å²) in [6.45, 7) is 8.18. The zero-order valence-electron chi connectivity index (χ0n) is 8.91. The third-order valence-electron chi connectivity index (χ3n) is 2.75. The van der Waals surface area contributed by atoms with Crippen LogP contribution in [0, 0.1) is 0 Å². The minimum absolute atomic E-state index is 0.0408. The van der Waals surface area contributed by atoms with Crippen molar-refractivity contribution in [2.24, 2.45) is 0 Å². The standard InChI is InChI=1S/C11H18O3/c1-4-10(12)14-9(3)8-11(5-2)6-7-13-11/h4,9H,1,5-8H2,2-3H3. The van der Waals surface area contributed by atoms with Crippen LogP contribution in [-0.4, -0.2) is 24.3 Å². The van der Waals surface area contributed by atoms with Gasteiger partial charge in [-0.2, -0.15) is 0 Å². The first-order chi connectivity index (χ1) is 6.62. The largest absolute Gasteiger partial charge is 0.459 e. The predicted molar refractivity (Wildman–Crippen MR) is 54.0 cm³/mol. The SMILES string of the molecule is C=CC(=O)OC(C)CC1(CC)CCO1. The Morgan fingerprint density at radius 1 is 1.79 bits per heavy atom. The fourth-order valence-corrected chi connectivity index (χ4v) is 1.79. The van der Waals surface area contributed by atoms with Crippen LogP contribution in [-0.2, 0) is 14.3 Å². The van der Waals surface area contributed by atoms with E-state index in [2.05, 4.69) is 13.5 Å². The van der Waals surface area contributed by atoms with E-state index in [0.29, 0.717) is 0 Å². The molecule has 1 heterocycles. The lowest BCUT2D eigenvalue weighted by molar-refractivity contribution is -0.174. The average molecular weight is 198 g/mol. The van der Waals surface area contributed by atoms with Crippen molar-refractivity contribution in [3.63, 3.8) is 0 Å². The van der Waals surface area contributed by atoms with Crippen LogP contribution in [0.3, 0.4) is 0 Å². The van der Waals surface area contributed by atoms with Gasteiger partial charge >= 0.3 is 5.97 Å². The van der Waals surface area contributed by atoms with Gasteiger partial charge < -0.3 is 9.47 Å². The summed E-state index contributed by atoms with van der Waals surface area (Å²) >= 11 is 0. The Balaban J connectivity index is 2.35. The summed E-state index contributed by atoms with van der Waals surface area (Å²) in [4.78, 5) is 10.9. The van der Waals surface area contributed by atoms with Crippen molar-refractivity contribution in [2.75, 3.05) is 6.61 Å². The molecular formula is C11H18O3. The Labute approximate surface area is 85.1 Å². The van der Waals surface area contributed by atoms with Crippen molar-refractivity contribution in [1.29, 1.82) is 0 Å². The number of rotatable bonds is 5. The van der Waals surface area contributed by atoms with Crippen molar-refractivity contribution >= 4 is 5.97 Å². The van der Waals surface area contributed by atoms with Gasteiger partial charge in [0.05, 0.1) is 12.2 Å². The van der Waals surface area contributed by atoms with Gasteiger partial charge in [0.25, 0.3) is 0 Å². The lowest BCUT2D eigenvalue weighted by Crippen LogP contribution is -2.45. The van der Waals surface area contributed by atoms with E-state index in [1.807, 2.05) is 6.92 Å². The molecule has 0 aromatic rings. The maximum atomic E-state index is 10.9. The van der Waals surface area contributed by atoms with Crippen LogP contribution in [0.1, 0.15) is 33.1 Å². The van der Waals surface area contributed by atoms with Crippen LogP contribution in [0.5, 0.6) is 0 Å². The summed E-state index contributed by atoms with van der Waals surface area (Å²) < 4.78 is 10.6. The molecule has 1 rings (SSSR count). The maximum Gasteiger partial charge on any atom is 0.330 e. The lowest BCUT2D eigenvalue weighted by Gasteiger charge is -2.42. The molecule has 0 aromatic heterocycles. The second-order valence-corrected chi connectivity index (χ2v) is 3.79. The van der Waals surface area contributed by atoms with E-state index in [1.165, 1.54) is 6.08 Å². The molecule has 1 aliphatic heterocycles. The quantitative estimate of drug-likeness (QED) is 0.501. The number of hydrogen-bond donors (Lipinski definition) is 0. The zero-order valence-corrected chi connectivity index (χ0v) is 8.91. The Bertz CT molecular complexity index is 213. The van der Waals surface area contributed by atoms with E-state index in [1.54, 1.807) is 0 Å². The van der Waals surface area contributed by atoms with E-state index in [0.717, 1.165) is 25.9 Å². The zero-order chi connectivity index (χ0) is 10.6. The minimum atomic E-state index is -0.358. The summed E-state index contributed by atoms with van der Waals surface area (Å²) in [5.74, 6) is -0.358. The smallest absolute Gasteiger partial charge is 0.330 e. The molecule has 0 aliphatic carbocycles. The van der Waals surface area contributed by atoms with Gasteiger partial charge in [0, 0.05) is 12.5 Å². The molecule has 0 amide bonds. The van der Waals surface area contributed by atoms with Crippen molar-refractivity contribution in [2.45, 2.75) is 44.8 Å². The molecule has 0 N–H and O–H groups in total. The Kier molecular flexibility index (Phi) is 3.69. The highest BCUT2D eigenvalue weighted by Crippen LogP contribution is 2.34. The highest BCUT2D eigenvalue weighted by atomic mass is 16.6. The van der Waals surface area contributed by atoms with Gasteiger partial charge in [0.2, 0.25) is 0 Å². The van der Waals surface area contributed by atoms with Gasteiger partial charge in [-0.1, -0.05) is 13.5 Å². The normalized spacial score (nSPS) is 27.6. The second kappa shape index (κ2) is 4.60. The number of carbonyl (C=O) groups excluding carboxylic acids is 1. The lowest BCUT2D eigenvalue weighted by atomic mass is 9.86. The van der Waals surface area contributed by atoms with Crippen LogP contribution in [0.15, 0.2) is 12.7 Å². The summed E-state index contributed by atoms with van der Waals surface area (Å²) in [5, 5.41) is 0. The van der Waals surface area contributed by atoms with Crippen molar-refractivity contribution < 1.29 is 14.3 Å². The van der Waals surface area contributed by atoms with Crippen LogP contribution in [0.25, 0.3) is 0 Å². The fraction of sp³-hybridized carbons (Fsp3) is 0.727. The topological polar surface area (TPSA) is 35.5 Å². The van der Waals surface area contributed by atoms with E-state index >= 15 is 0 Å². The van der Waals surface area contributed by atoms with E-state index in [-0.39, 0.29) is 17.7 Å². The first-order valence-electron chi connectivity index (χ1n) is 5.09. The number of hydrogen-bond acceptors (Lipinski definition) is 3. The van der Waals surface area contributed by atoms with Gasteiger partial charge in [0.15, 0.2) is 0 Å².